The number of nitrogens with one attached hydrogen (secondary N) is 3. The van der Waals surface area contributed by atoms with Crippen LogP contribution in [0.25, 0.3) is 22.5 Å². The van der Waals surface area contributed by atoms with Gasteiger partial charge in [-0.25, -0.2) is 0 Å². The third kappa shape index (κ3) is 7.81. The Labute approximate surface area is 285 Å². The molecule has 0 radical (unpaired) electrons. The Morgan fingerprint density at radius 3 is 2.08 bits per heavy atom. The number of thiophene rings is 1. The predicted octanol–water partition coefficient (Wildman–Crippen LogP) is 9.12. The molecule has 1 fully saturated rings. The van der Waals surface area contributed by atoms with Gasteiger partial charge in [-0.15, -0.1) is 11.3 Å². The summed E-state index contributed by atoms with van der Waals surface area (Å²) in [6, 6.07) is 34.0. The van der Waals surface area contributed by atoms with E-state index in [1.54, 1.807) is 6.07 Å². The van der Waals surface area contributed by atoms with E-state index in [0.717, 1.165) is 71.0 Å². The molecule has 6 aromatic rings. The fourth-order valence-corrected chi connectivity index (χ4v) is 6.67. The fourth-order valence-electron chi connectivity index (χ4n) is 6.05. The molecule has 0 bridgehead atoms. The molecule has 3 N–H and O–H groups in total. The molecule has 0 spiro atoms. The van der Waals surface area contributed by atoms with Crippen molar-refractivity contribution < 1.29 is 9.59 Å². The minimum atomic E-state index is -0.110. The van der Waals surface area contributed by atoms with Gasteiger partial charge in [0.1, 0.15) is 5.69 Å². The summed E-state index contributed by atoms with van der Waals surface area (Å²) < 4.78 is 2.01. The normalized spacial score (nSPS) is 13.0. The van der Waals surface area contributed by atoms with Gasteiger partial charge in [0, 0.05) is 17.0 Å². The van der Waals surface area contributed by atoms with Crippen LogP contribution >= 0.6 is 11.3 Å². The lowest BCUT2D eigenvalue weighted by Gasteiger charge is -2.21. The van der Waals surface area contributed by atoms with Crippen molar-refractivity contribution in [3.05, 3.63) is 130 Å². The molecule has 1 aliphatic rings. The molecule has 244 valence electrons. The van der Waals surface area contributed by atoms with Crippen LogP contribution < -0.4 is 10.6 Å². The number of anilines is 2. The predicted molar refractivity (Wildman–Crippen MR) is 194 cm³/mol. The van der Waals surface area contributed by atoms with Gasteiger partial charge in [0.05, 0.1) is 39.9 Å². The van der Waals surface area contributed by atoms with Crippen molar-refractivity contribution in [1.29, 1.82) is 0 Å². The second kappa shape index (κ2) is 15.5. The number of amides is 2. The Hall–Kier alpha value is -5.28. The van der Waals surface area contributed by atoms with E-state index >= 15 is 0 Å². The number of aromatic nitrogens is 4. The summed E-state index contributed by atoms with van der Waals surface area (Å²) in [5, 5.41) is 20.0. The molecule has 0 saturated heterocycles. The van der Waals surface area contributed by atoms with Crippen LogP contribution in [-0.4, -0.2) is 31.8 Å². The van der Waals surface area contributed by atoms with Gasteiger partial charge in [-0.3, -0.25) is 19.4 Å². The molecule has 0 unspecified atom stereocenters. The number of carbonyl (C=O) groups excluding carboxylic acids is 2. The fraction of sp³-hybridized carbons (Fsp3) is 0.231. The Kier molecular flexibility index (Phi) is 10.6. The number of rotatable bonds is 8. The summed E-state index contributed by atoms with van der Waals surface area (Å²) in [5.41, 5.74) is 8.24. The van der Waals surface area contributed by atoms with E-state index in [4.69, 9.17) is 5.10 Å². The minimum Gasteiger partial charge on any atom is -0.322 e. The van der Waals surface area contributed by atoms with E-state index in [1.807, 2.05) is 96.7 Å². The first-order valence-electron chi connectivity index (χ1n) is 16.4. The van der Waals surface area contributed by atoms with Crippen molar-refractivity contribution in [3.8, 4) is 22.5 Å². The number of hydrogen-bond acceptors (Lipinski definition) is 5. The highest BCUT2D eigenvalue weighted by atomic mass is 32.1. The van der Waals surface area contributed by atoms with Gasteiger partial charge in [0.2, 0.25) is 5.91 Å². The van der Waals surface area contributed by atoms with E-state index in [1.165, 1.54) is 23.3 Å². The first-order chi connectivity index (χ1) is 23.5. The molecule has 9 heteroatoms. The monoisotopic (exact) mass is 656 g/mol. The van der Waals surface area contributed by atoms with Crippen LogP contribution in [0.1, 0.15) is 58.7 Å². The summed E-state index contributed by atoms with van der Waals surface area (Å²) in [6.07, 6.45) is 5.52. The van der Waals surface area contributed by atoms with E-state index in [9.17, 15) is 9.59 Å². The molecular weight excluding hydrogens is 617 g/mol. The number of nitrogens with zero attached hydrogens (tertiary/aromatic N) is 3. The topological polar surface area (TPSA) is 105 Å². The zero-order valence-electron chi connectivity index (χ0n) is 27.3. The van der Waals surface area contributed by atoms with Crippen LogP contribution in [0, 0.1) is 19.8 Å². The van der Waals surface area contributed by atoms with Gasteiger partial charge in [0.25, 0.3) is 5.91 Å². The van der Waals surface area contributed by atoms with Gasteiger partial charge in [-0.1, -0.05) is 116 Å². The zero-order valence-corrected chi connectivity index (χ0v) is 28.1. The number of hydrogen-bond donors (Lipinski definition) is 3. The lowest BCUT2D eigenvalue weighted by molar-refractivity contribution is -0.120. The lowest BCUT2D eigenvalue weighted by Crippen LogP contribution is -2.25. The highest BCUT2D eigenvalue weighted by Crippen LogP contribution is 2.34. The van der Waals surface area contributed by atoms with Crippen molar-refractivity contribution >= 4 is 34.5 Å². The second-order valence-electron chi connectivity index (χ2n) is 12.0. The number of aryl methyl sites for hydroxylation is 2. The Balaban J connectivity index is 0.000000177. The Morgan fingerprint density at radius 1 is 0.792 bits per heavy atom. The summed E-state index contributed by atoms with van der Waals surface area (Å²) in [5.74, 6) is 0.148. The first kappa shape index (κ1) is 32.7. The molecule has 0 atom stereocenters. The Bertz CT molecular complexity index is 1930. The highest BCUT2D eigenvalue weighted by Gasteiger charge is 2.25. The molecule has 2 amide bonds. The number of H-pyrrole nitrogens is 1. The highest BCUT2D eigenvalue weighted by molar-refractivity contribution is 7.12. The number of carbonyl (C=O) groups is 2. The maximum atomic E-state index is 12.9. The largest absolute Gasteiger partial charge is 0.322 e. The van der Waals surface area contributed by atoms with Crippen molar-refractivity contribution in [2.45, 2.75) is 52.5 Å². The van der Waals surface area contributed by atoms with E-state index in [-0.39, 0.29) is 17.7 Å². The Morgan fingerprint density at radius 2 is 1.44 bits per heavy atom. The lowest BCUT2D eigenvalue weighted by atomic mass is 9.88. The number of benzene rings is 3. The summed E-state index contributed by atoms with van der Waals surface area (Å²) in [7, 11) is 0. The molecule has 3 aromatic carbocycles. The standard InChI is InChI=1S/C24H27N3O.C15H13N3OS/c1-18-22(25-24(28)21-15-9-4-10-16-21)23(20-13-7-3-8-14-20)27(26-18)17-19-11-5-2-6-12-19;1-10-13(16-15(19)12-8-5-9-20-12)14(18-17-10)11-6-3-2-4-7-11/h2-3,5-8,11-14,21H,4,9-10,15-17H2,1H3,(H,25,28);2-9H,1H3,(H,16,19)(H,17,18). The average Bonchev–Trinajstić information content (AvgIpc) is 3.87. The van der Waals surface area contributed by atoms with Crippen molar-refractivity contribution in [1.82, 2.24) is 20.0 Å². The van der Waals surface area contributed by atoms with Crippen molar-refractivity contribution in [3.63, 3.8) is 0 Å². The average molecular weight is 657 g/mol. The van der Waals surface area contributed by atoms with E-state index < -0.39 is 0 Å². The molecule has 8 nitrogen and oxygen atoms in total. The molecule has 0 aliphatic heterocycles. The van der Waals surface area contributed by atoms with Gasteiger partial charge >= 0.3 is 0 Å². The van der Waals surface area contributed by atoms with E-state index in [0.29, 0.717) is 11.4 Å². The van der Waals surface area contributed by atoms with Crippen LogP contribution in [-0.2, 0) is 11.3 Å². The SMILES string of the molecule is Cc1[nH]nc(-c2ccccc2)c1NC(=O)c1cccs1.Cc1nn(Cc2ccccc2)c(-c2ccccc2)c1NC(=O)C1CCCCC1. The third-order valence-corrected chi connectivity index (χ3v) is 9.42. The summed E-state index contributed by atoms with van der Waals surface area (Å²) in [6.45, 7) is 4.54. The van der Waals surface area contributed by atoms with Crippen molar-refractivity contribution in [2.75, 3.05) is 10.6 Å². The van der Waals surface area contributed by atoms with Gasteiger partial charge < -0.3 is 10.6 Å². The summed E-state index contributed by atoms with van der Waals surface area (Å²) in [4.78, 5) is 25.8. The van der Waals surface area contributed by atoms with E-state index in [2.05, 4.69) is 45.1 Å². The van der Waals surface area contributed by atoms with Crippen LogP contribution in [0.3, 0.4) is 0 Å². The van der Waals surface area contributed by atoms with Crippen LogP contribution in [0.5, 0.6) is 0 Å². The smallest absolute Gasteiger partial charge is 0.265 e. The number of aromatic amines is 1. The second-order valence-corrected chi connectivity index (χ2v) is 13.0. The van der Waals surface area contributed by atoms with Crippen LogP contribution in [0.2, 0.25) is 0 Å². The molecule has 48 heavy (non-hydrogen) atoms. The summed E-state index contributed by atoms with van der Waals surface area (Å²) >= 11 is 1.42. The van der Waals surface area contributed by atoms with Crippen LogP contribution in [0.4, 0.5) is 11.4 Å². The quantitative estimate of drug-likeness (QED) is 0.152. The maximum Gasteiger partial charge on any atom is 0.265 e. The van der Waals surface area contributed by atoms with Gasteiger partial charge in [-0.05, 0) is 43.7 Å². The first-order valence-corrected chi connectivity index (χ1v) is 17.3. The molecule has 1 aliphatic carbocycles. The van der Waals surface area contributed by atoms with Crippen LogP contribution in [0.15, 0.2) is 109 Å². The zero-order chi connectivity index (χ0) is 33.3. The maximum absolute atomic E-state index is 12.9. The molecule has 1 saturated carbocycles. The molecule has 3 aromatic heterocycles. The van der Waals surface area contributed by atoms with Crippen molar-refractivity contribution in [2.24, 2.45) is 5.92 Å². The molecular formula is C39H40N6O2S. The third-order valence-electron chi connectivity index (χ3n) is 8.55. The van der Waals surface area contributed by atoms with Gasteiger partial charge in [-0.2, -0.15) is 10.2 Å². The molecule has 3 heterocycles. The minimum absolute atomic E-state index is 0.110. The van der Waals surface area contributed by atoms with Gasteiger partial charge in [0.15, 0.2) is 0 Å². The molecule has 7 rings (SSSR count).